The van der Waals surface area contributed by atoms with E-state index in [1.165, 1.54) is 0 Å². The zero-order chi connectivity index (χ0) is 5.91. The van der Waals surface area contributed by atoms with Crippen LogP contribution >= 0.6 is 0 Å². The summed E-state index contributed by atoms with van der Waals surface area (Å²) in [6, 6.07) is 0. The second kappa shape index (κ2) is 3.65. The van der Waals surface area contributed by atoms with Gasteiger partial charge in [0.25, 0.3) is 0 Å². The predicted octanol–water partition coefficient (Wildman–Crippen LogP) is 1.05. The van der Waals surface area contributed by atoms with Gasteiger partial charge in [-0.3, -0.25) is 4.70 Å². The van der Waals surface area contributed by atoms with Crippen LogP contribution < -0.4 is 5.73 Å². The summed E-state index contributed by atoms with van der Waals surface area (Å²) < 4.78 is 32.9. The standard InChI is InChI=1S/C3H6F3N.FH/c4-3(5,6)1-2-7;/h1-2,7H2;1H. The normalized spacial score (nSPS) is 10.5. The first-order valence-electron chi connectivity index (χ1n) is 1.83. The average Bonchev–Trinajstić information content (AvgIpc) is 1.30. The summed E-state index contributed by atoms with van der Waals surface area (Å²) in [4.78, 5) is 0. The molecule has 2 N–H and O–H groups in total. The van der Waals surface area contributed by atoms with Gasteiger partial charge in [-0.1, -0.05) is 0 Å². The summed E-state index contributed by atoms with van der Waals surface area (Å²) in [6.07, 6.45) is -4.96. The van der Waals surface area contributed by atoms with Gasteiger partial charge in [-0.2, -0.15) is 13.2 Å². The monoisotopic (exact) mass is 133 g/mol. The number of alkyl halides is 3. The molecule has 0 aromatic carbocycles. The Bertz CT molecular complexity index is 49.7. The van der Waals surface area contributed by atoms with Gasteiger partial charge in [0.15, 0.2) is 0 Å². The van der Waals surface area contributed by atoms with Crippen molar-refractivity contribution in [2.45, 2.75) is 12.6 Å². The molecule has 0 aromatic heterocycles. The Morgan fingerprint density at radius 1 is 1.25 bits per heavy atom. The Hall–Kier alpha value is -0.320. The first-order chi connectivity index (χ1) is 3.06. The molecule has 1 nitrogen and oxygen atoms in total. The molecule has 0 aliphatic rings. The molecule has 0 saturated carbocycles. The lowest BCUT2D eigenvalue weighted by molar-refractivity contribution is -0.132. The van der Waals surface area contributed by atoms with Crippen molar-refractivity contribution in [3.05, 3.63) is 0 Å². The molecule has 0 heterocycles. The third kappa shape index (κ3) is 9.19. The quantitative estimate of drug-likeness (QED) is 0.531. The van der Waals surface area contributed by atoms with E-state index in [0.717, 1.165) is 0 Å². The number of hydrogen-bond acceptors (Lipinski definition) is 1. The van der Waals surface area contributed by atoms with Gasteiger partial charge in [-0.05, 0) is 0 Å². The zero-order valence-electron chi connectivity index (χ0n) is 4.03. The predicted molar refractivity (Wildman–Crippen MR) is 22.2 cm³/mol. The summed E-state index contributed by atoms with van der Waals surface area (Å²) in [7, 11) is 0. The molecule has 0 aliphatic carbocycles. The van der Waals surface area contributed by atoms with Gasteiger partial charge in [0.2, 0.25) is 0 Å². The lowest BCUT2D eigenvalue weighted by Gasteiger charge is -2.00. The highest BCUT2D eigenvalue weighted by molar-refractivity contribution is 4.47. The van der Waals surface area contributed by atoms with Crippen molar-refractivity contribution in [2.75, 3.05) is 6.54 Å². The fourth-order valence-corrected chi connectivity index (χ4v) is 0.164. The highest BCUT2D eigenvalue weighted by atomic mass is 19.4. The zero-order valence-corrected chi connectivity index (χ0v) is 4.03. The van der Waals surface area contributed by atoms with E-state index in [1.807, 2.05) is 0 Å². The molecule has 0 aromatic rings. The molecule has 8 heavy (non-hydrogen) atoms. The van der Waals surface area contributed by atoms with E-state index in [1.54, 1.807) is 0 Å². The third-order valence-corrected chi connectivity index (χ3v) is 0.428. The number of rotatable bonds is 1. The van der Waals surface area contributed by atoms with E-state index in [9.17, 15) is 13.2 Å². The molecule has 5 heteroatoms. The highest BCUT2D eigenvalue weighted by Gasteiger charge is 2.24. The molecule has 0 unspecified atom stereocenters. The summed E-state index contributed by atoms with van der Waals surface area (Å²) >= 11 is 0. The van der Waals surface area contributed by atoms with Crippen LogP contribution in [0.25, 0.3) is 0 Å². The Labute approximate surface area is 44.0 Å². The molecule has 0 aliphatic heterocycles. The van der Waals surface area contributed by atoms with E-state index < -0.39 is 12.6 Å². The summed E-state index contributed by atoms with van der Waals surface area (Å²) in [5.74, 6) is 0. The third-order valence-electron chi connectivity index (χ3n) is 0.428. The van der Waals surface area contributed by atoms with Gasteiger partial charge in [0.1, 0.15) is 0 Å². The second-order valence-electron chi connectivity index (χ2n) is 1.15. The minimum Gasteiger partial charge on any atom is -0.330 e. The summed E-state index contributed by atoms with van der Waals surface area (Å²) in [5.41, 5.74) is 4.59. The second-order valence-corrected chi connectivity index (χ2v) is 1.15. The molecule has 0 atom stereocenters. The van der Waals surface area contributed by atoms with Crippen LogP contribution in [0.5, 0.6) is 0 Å². The summed E-state index contributed by atoms with van der Waals surface area (Å²) in [6.45, 7) is -0.316. The summed E-state index contributed by atoms with van der Waals surface area (Å²) in [5, 5.41) is 0. The molecule has 0 spiro atoms. The number of hydrogen-bond donors (Lipinski definition) is 1. The van der Waals surface area contributed by atoms with Gasteiger partial charge in [0, 0.05) is 6.54 Å². The van der Waals surface area contributed by atoms with Crippen LogP contribution in [0.3, 0.4) is 0 Å². The first-order valence-corrected chi connectivity index (χ1v) is 1.83. The Morgan fingerprint density at radius 2 is 1.62 bits per heavy atom. The molecule has 0 amide bonds. The van der Waals surface area contributed by atoms with Crippen molar-refractivity contribution in [3.63, 3.8) is 0 Å². The van der Waals surface area contributed by atoms with Crippen molar-refractivity contribution >= 4 is 0 Å². The van der Waals surface area contributed by atoms with E-state index >= 15 is 0 Å². The van der Waals surface area contributed by atoms with E-state index in [2.05, 4.69) is 5.73 Å². The highest BCUT2D eigenvalue weighted by Crippen LogP contribution is 2.17. The lowest BCUT2D eigenvalue weighted by atomic mass is 10.4. The molecular weight excluding hydrogens is 126 g/mol. The largest absolute Gasteiger partial charge is 0.390 e. The fraction of sp³-hybridized carbons (Fsp3) is 1.00. The fourth-order valence-electron chi connectivity index (χ4n) is 0.164. The van der Waals surface area contributed by atoms with Crippen LogP contribution in [0, 0.1) is 0 Å². The maximum atomic E-state index is 11.0. The SMILES string of the molecule is F.NCCC(F)(F)F. The Kier molecular flexibility index (Phi) is 4.85. The van der Waals surface area contributed by atoms with Gasteiger partial charge < -0.3 is 5.73 Å². The molecule has 0 fully saturated rings. The van der Waals surface area contributed by atoms with Crippen LogP contribution in [-0.4, -0.2) is 12.7 Å². The van der Waals surface area contributed by atoms with Crippen LogP contribution in [0.2, 0.25) is 0 Å². The smallest absolute Gasteiger partial charge is 0.330 e. The van der Waals surface area contributed by atoms with Gasteiger partial charge >= 0.3 is 6.18 Å². The molecule has 0 bridgehead atoms. The molecular formula is C3H7F4N. The number of nitrogens with two attached hydrogens (primary N) is 1. The van der Waals surface area contributed by atoms with Crippen molar-refractivity contribution in [2.24, 2.45) is 5.73 Å². The van der Waals surface area contributed by atoms with E-state index in [0.29, 0.717) is 0 Å². The maximum absolute atomic E-state index is 11.0. The molecule has 0 saturated heterocycles. The minimum absolute atomic E-state index is 0. The number of halogens is 4. The average molecular weight is 133 g/mol. The van der Waals surface area contributed by atoms with Gasteiger partial charge in [-0.25, -0.2) is 0 Å². The lowest BCUT2D eigenvalue weighted by Crippen LogP contribution is -2.14. The molecule has 0 radical (unpaired) electrons. The first kappa shape index (κ1) is 10.6. The van der Waals surface area contributed by atoms with Crippen LogP contribution in [0.15, 0.2) is 0 Å². The van der Waals surface area contributed by atoms with Crippen LogP contribution in [0.4, 0.5) is 17.9 Å². The topological polar surface area (TPSA) is 26.0 Å². The maximum Gasteiger partial charge on any atom is 0.390 e. The van der Waals surface area contributed by atoms with E-state index in [4.69, 9.17) is 0 Å². The minimum atomic E-state index is -4.07. The Balaban J connectivity index is 0. The van der Waals surface area contributed by atoms with Crippen molar-refractivity contribution in [1.29, 1.82) is 0 Å². The van der Waals surface area contributed by atoms with Crippen molar-refractivity contribution < 1.29 is 17.9 Å². The van der Waals surface area contributed by atoms with Crippen LogP contribution in [0.1, 0.15) is 6.42 Å². The molecule has 52 valence electrons. The van der Waals surface area contributed by atoms with Crippen LogP contribution in [-0.2, 0) is 0 Å². The van der Waals surface area contributed by atoms with Gasteiger partial charge in [-0.15, -0.1) is 0 Å². The van der Waals surface area contributed by atoms with Crippen molar-refractivity contribution in [1.82, 2.24) is 0 Å². The van der Waals surface area contributed by atoms with Crippen molar-refractivity contribution in [3.8, 4) is 0 Å². The van der Waals surface area contributed by atoms with Gasteiger partial charge in [0.05, 0.1) is 6.42 Å². The Morgan fingerprint density at radius 3 is 1.62 bits per heavy atom. The van der Waals surface area contributed by atoms with E-state index in [-0.39, 0.29) is 11.2 Å². The molecule has 0 rings (SSSR count).